The molecule has 2 rings (SSSR count). The summed E-state index contributed by atoms with van der Waals surface area (Å²) in [6.07, 6.45) is 1.99. The van der Waals surface area contributed by atoms with Crippen LogP contribution in [0.2, 0.25) is 5.02 Å². The van der Waals surface area contributed by atoms with Crippen LogP contribution >= 0.6 is 11.6 Å². The maximum atomic E-state index is 12.3. The van der Waals surface area contributed by atoms with E-state index in [1.54, 1.807) is 13.0 Å². The minimum Gasteiger partial charge on any atom is -0.433 e. The quantitative estimate of drug-likeness (QED) is 0.920. The Morgan fingerprint density at radius 2 is 2.19 bits per heavy atom. The van der Waals surface area contributed by atoms with Gasteiger partial charge in [-0.3, -0.25) is 0 Å². The lowest BCUT2D eigenvalue weighted by atomic mass is 10.0. The van der Waals surface area contributed by atoms with Gasteiger partial charge in [0.05, 0.1) is 16.9 Å². The van der Waals surface area contributed by atoms with Gasteiger partial charge in [0.25, 0.3) is 0 Å². The molecule has 1 aromatic heterocycles. The van der Waals surface area contributed by atoms with Gasteiger partial charge in [-0.05, 0) is 25.5 Å². The van der Waals surface area contributed by atoms with Crippen molar-refractivity contribution in [2.45, 2.75) is 32.5 Å². The second-order valence-electron chi connectivity index (χ2n) is 4.67. The molecule has 1 atom stereocenters. The summed E-state index contributed by atoms with van der Waals surface area (Å²) in [5.41, 5.74) is -0.274. The number of hydrogen-bond donors (Lipinski definition) is 1. The molecule has 1 N–H and O–H groups in total. The Balaban J connectivity index is 2.35. The van der Waals surface area contributed by atoms with Crippen LogP contribution in [0.15, 0.2) is 24.4 Å². The van der Waals surface area contributed by atoms with E-state index in [4.69, 9.17) is 11.6 Å². The van der Waals surface area contributed by atoms with Crippen molar-refractivity contribution in [3.63, 3.8) is 0 Å². The minimum atomic E-state index is -2.97. The van der Waals surface area contributed by atoms with Crippen molar-refractivity contribution in [3.05, 3.63) is 35.1 Å². The zero-order valence-electron chi connectivity index (χ0n) is 11.4. The van der Waals surface area contributed by atoms with E-state index in [0.717, 1.165) is 0 Å². The third kappa shape index (κ3) is 3.48. The molecular weight excluding hydrogens is 304 g/mol. The van der Waals surface area contributed by atoms with Gasteiger partial charge in [0.15, 0.2) is 0 Å². The molecule has 0 aliphatic heterocycles. The molecule has 8 heteroatoms. The summed E-state index contributed by atoms with van der Waals surface area (Å²) < 4.78 is 30.3. The van der Waals surface area contributed by atoms with Gasteiger partial charge in [-0.2, -0.15) is 8.78 Å². The molecule has 0 aliphatic rings. The fourth-order valence-electron chi connectivity index (χ4n) is 1.64. The molecule has 0 spiro atoms. The Bertz CT molecular complexity index is 632. The highest BCUT2D eigenvalue weighted by atomic mass is 35.5. The normalized spacial score (nSPS) is 14.2. The van der Waals surface area contributed by atoms with E-state index in [0.29, 0.717) is 17.8 Å². The van der Waals surface area contributed by atoms with Gasteiger partial charge >= 0.3 is 6.61 Å². The Morgan fingerprint density at radius 3 is 2.81 bits per heavy atom. The van der Waals surface area contributed by atoms with Crippen LogP contribution in [0.3, 0.4) is 0 Å². The van der Waals surface area contributed by atoms with Crippen molar-refractivity contribution >= 4 is 11.6 Å². The first-order valence-electron chi connectivity index (χ1n) is 6.23. The zero-order chi connectivity index (χ0) is 15.6. The molecule has 114 valence electrons. The molecule has 1 heterocycles. The average molecular weight is 318 g/mol. The second kappa shape index (κ2) is 5.95. The topological polar surface area (TPSA) is 60.2 Å². The average Bonchev–Trinajstić information content (AvgIpc) is 2.91. The number of alkyl halides is 2. The first-order valence-corrected chi connectivity index (χ1v) is 6.61. The summed E-state index contributed by atoms with van der Waals surface area (Å²) in [5, 5.41) is 17.9. The van der Waals surface area contributed by atoms with Gasteiger partial charge < -0.3 is 9.84 Å². The Hall–Kier alpha value is -1.73. The molecule has 0 unspecified atom stereocenters. The third-order valence-electron chi connectivity index (χ3n) is 3.13. The number of aliphatic hydroxyl groups is 1. The molecule has 0 saturated carbocycles. The largest absolute Gasteiger partial charge is 0.433 e. The molecule has 0 bridgehead atoms. The van der Waals surface area contributed by atoms with Crippen molar-refractivity contribution < 1.29 is 18.6 Å². The standard InChI is InChI=1S/C13H14ClF2N3O2/c1-3-13(2,20)11-7-19(18-17-11)8-4-5-9(14)10(6-8)21-12(15)16/h4-7,12,20H,3H2,1-2H3/t13-/m0/s1. The summed E-state index contributed by atoms with van der Waals surface area (Å²) in [4.78, 5) is 0. The Morgan fingerprint density at radius 1 is 1.48 bits per heavy atom. The van der Waals surface area contributed by atoms with Crippen molar-refractivity contribution in [1.82, 2.24) is 15.0 Å². The predicted molar refractivity (Wildman–Crippen MR) is 72.9 cm³/mol. The van der Waals surface area contributed by atoms with E-state index in [9.17, 15) is 13.9 Å². The maximum Gasteiger partial charge on any atom is 0.387 e. The molecule has 2 aromatic rings. The summed E-state index contributed by atoms with van der Waals surface area (Å²) in [7, 11) is 0. The van der Waals surface area contributed by atoms with Gasteiger partial charge in [-0.25, -0.2) is 4.68 Å². The highest BCUT2D eigenvalue weighted by molar-refractivity contribution is 6.32. The highest BCUT2D eigenvalue weighted by Crippen LogP contribution is 2.29. The molecule has 0 amide bonds. The zero-order valence-corrected chi connectivity index (χ0v) is 12.2. The van der Waals surface area contributed by atoms with Crippen molar-refractivity contribution in [2.75, 3.05) is 0 Å². The van der Waals surface area contributed by atoms with Crippen LogP contribution in [-0.4, -0.2) is 26.7 Å². The van der Waals surface area contributed by atoms with Crippen LogP contribution in [0.25, 0.3) is 5.69 Å². The number of ether oxygens (including phenoxy) is 1. The highest BCUT2D eigenvalue weighted by Gasteiger charge is 2.24. The van der Waals surface area contributed by atoms with Crippen LogP contribution < -0.4 is 4.74 Å². The monoisotopic (exact) mass is 317 g/mol. The molecule has 1 aromatic carbocycles. The summed E-state index contributed by atoms with van der Waals surface area (Å²) in [6, 6.07) is 4.33. The van der Waals surface area contributed by atoms with Crippen LogP contribution in [0.4, 0.5) is 8.78 Å². The van der Waals surface area contributed by atoms with Gasteiger partial charge in [-0.15, -0.1) is 5.10 Å². The van der Waals surface area contributed by atoms with Crippen LogP contribution in [0.1, 0.15) is 26.0 Å². The van der Waals surface area contributed by atoms with E-state index < -0.39 is 12.2 Å². The SMILES string of the molecule is CC[C@](C)(O)c1cn(-c2ccc(Cl)c(OC(F)F)c2)nn1. The number of halogens is 3. The molecule has 0 radical (unpaired) electrons. The van der Waals surface area contributed by atoms with E-state index in [1.165, 1.54) is 23.0 Å². The van der Waals surface area contributed by atoms with Crippen molar-refractivity contribution in [2.24, 2.45) is 0 Å². The second-order valence-corrected chi connectivity index (χ2v) is 5.08. The number of rotatable bonds is 5. The lowest BCUT2D eigenvalue weighted by Crippen LogP contribution is -2.20. The fraction of sp³-hybridized carbons (Fsp3) is 0.385. The van der Waals surface area contributed by atoms with Crippen LogP contribution in [-0.2, 0) is 5.60 Å². The molecule has 0 saturated heterocycles. The van der Waals surface area contributed by atoms with Crippen LogP contribution in [0.5, 0.6) is 5.75 Å². The summed E-state index contributed by atoms with van der Waals surface area (Å²) >= 11 is 5.78. The van der Waals surface area contributed by atoms with E-state index >= 15 is 0 Å². The van der Waals surface area contributed by atoms with Gasteiger partial charge in [0.2, 0.25) is 0 Å². The minimum absolute atomic E-state index is 0.0694. The van der Waals surface area contributed by atoms with Gasteiger partial charge in [0.1, 0.15) is 17.0 Å². The molecule has 0 aliphatic carbocycles. The van der Waals surface area contributed by atoms with Crippen molar-refractivity contribution in [3.8, 4) is 11.4 Å². The van der Waals surface area contributed by atoms with E-state index in [1.807, 2.05) is 6.92 Å². The fourth-order valence-corrected chi connectivity index (χ4v) is 1.80. The summed E-state index contributed by atoms with van der Waals surface area (Å²) in [5.74, 6) is -0.150. The van der Waals surface area contributed by atoms with Crippen LogP contribution in [0, 0.1) is 0 Å². The third-order valence-corrected chi connectivity index (χ3v) is 3.44. The lowest BCUT2D eigenvalue weighted by molar-refractivity contribution is -0.0497. The number of nitrogens with zero attached hydrogens (tertiary/aromatic N) is 3. The van der Waals surface area contributed by atoms with E-state index in [2.05, 4.69) is 15.0 Å². The predicted octanol–water partition coefficient (Wildman–Crippen LogP) is 3.14. The Kier molecular flexibility index (Phi) is 4.43. The lowest BCUT2D eigenvalue weighted by Gasteiger charge is -2.17. The molecule has 21 heavy (non-hydrogen) atoms. The molecular formula is C13H14ClF2N3O2. The number of hydrogen-bond acceptors (Lipinski definition) is 4. The Labute approximate surface area is 125 Å². The smallest absolute Gasteiger partial charge is 0.387 e. The van der Waals surface area contributed by atoms with Crippen molar-refractivity contribution in [1.29, 1.82) is 0 Å². The first-order chi connectivity index (χ1) is 9.83. The number of benzene rings is 1. The summed E-state index contributed by atoms with van der Waals surface area (Å²) in [6.45, 7) is 0.467. The van der Waals surface area contributed by atoms with E-state index in [-0.39, 0.29) is 10.8 Å². The number of aromatic nitrogens is 3. The molecule has 5 nitrogen and oxygen atoms in total. The first kappa shape index (κ1) is 15.7. The van der Waals surface area contributed by atoms with Gasteiger partial charge in [-0.1, -0.05) is 23.7 Å². The van der Waals surface area contributed by atoms with Gasteiger partial charge in [0, 0.05) is 6.07 Å². The molecule has 0 fully saturated rings. The maximum absolute atomic E-state index is 12.3.